The van der Waals surface area contributed by atoms with Crippen LogP contribution in [-0.4, -0.2) is 61.9 Å². The Bertz CT molecular complexity index is 544. The van der Waals surface area contributed by atoms with Gasteiger partial charge in [0.05, 0.1) is 39.5 Å². The number of hydrogen-bond donors (Lipinski definition) is 1. The van der Waals surface area contributed by atoms with E-state index in [1.165, 1.54) is 19.1 Å². The predicted octanol–water partition coefficient (Wildman–Crippen LogP) is 0.700. The van der Waals surface area contributed by atoms with E-state index in [4.69, 9.17) is 19.3 Å². The molecule has 1 amide bonds. The van der Waals surface area contributed by atoms with E-state index in [1.54, 1.807) is 18.2 Å². The van der Waals surface area contributed by atoms with Crippen LogP contribution in [0, 0.1) is 0 Å². The monoisotopic (exact) mass is 295 g/mol. The second-order valence-electron chi connectivity index (χ2n) is 4.56. The van der Waals surface area contributed by atoms with Crippen molar-refractivity contribution in [2.45, 2.75) is 6.10 Å². The second-order valence-corrected chi connectivity index (χ2v) is 4.56. The van der Waals surface area contributed by atoms with E-state index in [0.717, 1.165) is 0 Å². The maximum Gasteiger partial charge on any atom is 0.410 e. The summed E-state index contributed by atoms with van der Waals surface area (Å²) in [6.45, 7) is -0.217. The van der Waals surface area contributed by atoms with Gasteiger partial charge >= 0.3 is 6.09 Å². The number of benzene rings is 1. The lowest BCUT2D eigenvalue weighted by Crippen LogP contribution is -2.31. The van der Waals surface area contributed by atoms with Gasteiger partial charge in [0, 0.05) is 0 Å². The first-order chi connectivity index (χ1) is 10.1. The van der Waals surface area contributed by atoms with E-state index in [2.05, 4.69) is 0 Å². The van der Waals surface area contributed by atoms with Crippen molar-refractivity contribution in [1.82, 2.24) is 4.90 Å². The van der Waals surface area contributed by atoms with E-state index in [-0.39, 0.29) is 25.5 Å². The van der Waals surface area contributed by atoms with Crippen molar-refractivity contribution >= 4 is 11.9 Å². The van der Waals surface area contributed by atoms with Gasteiger partial charge in [0.25, 0.3) is 0 Å². The zero-order chi connectivity index (χ0) is 15.4. The first-order valence-electron chi connectivity index (χ1n) is 6.40. The number of aliphatic hydroxyl groups is 1. The minimum absolute atomic E-state index is 0.140. The number of ether oxygens (including phenoxy) is 3. The topological polar surface area (TPSA) is 85.3 Å². The zero-order valence-corrected chi connectivity index (χ0v) is 11.9. The molecule has 0 spiro atoms. The molecule has 0 bridgehead atoms. The van der Waals surface area contributed by atoms with Gasteiger partial charge < -0.3 is 19.3 Å². The van der Waals surface area contributed by atoms with Crippen molar-refractivity contribution in [1.29, 1.82) is 0 Å². The molecule has 1 aromatic rings. The maximum atomic E-state index is 12.3. The summed E-state index contributed by atoms with van der Waals surface area (Å²) in [4.78, 5) is 25.2. The van der Waals surface area contributed by atoms with Crippen LogP contribution < -0.4 is 9.47 Å². The van der Waals surface area contributed by atoms with Gasteiger partial charge in [-0.05, 0) is 18.2 Å². The molecule has 7 nitrogen and oxygen atoms in total. The summed E-state index contributed by atoms with van der Waals surface area (Å²) in [7, 11) is 2.96. The van der Waals surface area contributed by atoms with Crippen molar-refractivity contribution in [2.75, 3.05) is 33.9 Å². The van der Waals surface area contributed by atoms with Crippen molar-refractivity contribution in [2.24, 2.45) is 0 Å². The van der Waals surface area contributed by atoms with Crippen LogP contribution >= 0.6 is 0 Å². The number of hydrogen-bond acceptors (Lipinski definition) is 6. The molecule has 1 aliphatic heterocycles. The molecule has 1 N–H and O–H groups in total. The Labute approximate surface area is 122 Å². The fourth-order valence-corrected chi connectivity index (χ4v) is 2.09. The van der Waals surface area contributed by atoms with Gasteiger partial charge in [-0.3, -0.25) is 9.69 Å². The Morgan fingerprint density at radius 2 is 2.19 bits per heavy atom. The Kier molecular flexibility index (Phi) is 4.64. The fraction of sp³-hybridized carbons (Fsp3) is 0.429. The number of methoxy groups -OCH3 is 2. The molecule has 1 atom stereocenters. The molecular weight excluding hydrogens is 278 g/mol. The van der Waals surface area contributed by atoms with E-state index in [0.29, 0.717) is 17.1 Å². The summed E-state index contributed by atoms with van der Waals surface area (Å²) in [6.07, 6.45) is -1.19. The molecule has 1 heterocycles. The van der Waals surface area contributed by atoms with Crippen molar-refractivity contribution in [3.8, 4) is 11.5 Å². The molecule has 114 valence electrons. The summed E-state index contributed by atoms with van der Waals surface area (Å²) in [5.74, 6) is 0.643. The third kappa shape index (κ3) is 3.25. The summed E-state index contributed by atoms with van der Waals surface area (Å²) in [5.41, 5.74) is 0.331. The third-order valence-corrected chi connectivity index (χ3v) is 3.19. The lowest BCUT2D eigenvalue weighted by atomic mass is 10.1. The fourth-order valence-electron chi connectivity index (χ4n) is 2.09. The van der Waals surface area contributed by atoms with Gasteiger partial charge in [-0.2, -0.15) is 0 Å². The van der Waals surface area contributed by atoms with E-state index >= 15 is 0 Å². The minimum Gasteiger partial charge on any atom is -0.497 e. The van der Waals surface area contributed by atoms with Gasteiger partial charge in [-0.15, -0.1) is 0 Å². The Hall–Kier alpha value is -2.28. The standard InChI is InChI=1S/C14H17NO6/c1-19-9-3-4-13(20-2)11(5-9)12(17)7-15-6-10(8-16)21-14(15)18/h3-5,10,16H,6-8H2,1-2H3/t10-/m0/s1. The van der Waals surface area contributed by atoms with Crippen molar-refractivity contribution < 1.29 is 28.9 Å². The van der Waals surface area contributed by atoms with Crippen LogP contribution in [0.1, 0.15) is 10.4 Å². The Morgan fingerprint density at radius 3 is 2.76 bits per heavy atom. The zero-order valence-electron chi connectivity index (χ0n) is 11.9. The number of Topliss-reactive ketones (excluding diaryl/α,β-unsaturated/α-hetero) is 1. The number of carbonyl (C=O) groups excluding carboxylic acids is 2. The van der Waals surface area contributed by atoms with Crippen molar-refractivity contribution in [3.63, 3.8) is 0 Å². The third-order valence-electron chi connectivity index (χ3n) is 3.19. The van der Waals surface area contributed by atoms with Crippen LogP contribution in [0.5, 0.6) is 11.5 Å². The quantitative estimate of drug-likeness (QED) is 0.778. The summed E-state index contributed by atoms with van der Waals surface area (Å²) < 4.78 is 15.1. The molecular formula is C14H17NO6. The van der Waals surface area contributed by atoms with E-state index in [1.807, 2.05) is 0 Å². The highest BCUT2D eigenvalue weighted by molar-refractivity contribution is 6.01. The first kappa shape index (κ1) is 15.1. The Morgan fingerprint density at radius 1 is 1.43 bits per heavy atom. The number of amides is 1. The highest BCUT2D eigenvalue weighted by Crippen LogP contribution is 2.25. The molecule has 1 saturated heterocycles. The molecule has 0 radical (unpaired) electrons. The van der Waals surface area contributed by atoms with Crippen LogP contribution in [0.15, 0.2) is 18.2 Å². The molecule has 1 aromatic carbocycles. The smallest absolute Gasteiger partial charge is 0.410 e. The van der Waals surface area contributed by atoms with Gasteiger partial charge in [0.15, 0.2) is 5.78 Å². The Balaban J connectivity index is 2.15. The predicted molar refractivity (Wildman–Crippen MR) is 72.8 cm³/mol. The van der Waals surface area contributed by atoms with Gasteiger partial charge in [0.1, 0.15) is 17.6 Å². The molecule has 1 fully saturated rings. The van der Waals surface area contributed by atoms with Crippen LogP contribution in [0.2, 0.25) is 0 Å². The maximum absolute atomic E-state index is 12.3. The molecule has 1 aliphatic rings. The first-order valence-corrected chi connectivity index (χ1v) is 6.40. The average Bonchev–Trinajstić information content (AvgIpc) is 2.86. The highest BCUT2D eigenvalue weighted by Gasteiger charge is 2.32. The normalized spacial score (nSPS) is 17.6. The molecule has 2 rings (SSSR count). The number of rotatable bonds is 6. The molecule has 0 aromatic heterocycles. The molecule has 0 saturated carbocycles. The molecule has 21 heavy (non-hydrogen) atoms. The minimum atomic E-state index is -0.607. The summed E-state index contributed by atoms with van der Waals surface area (Å²) >= 11 is 0. The number of nitrogens with zero attached hydrogens (tertiary/aromatic N) is 1. The van der Waals surface area contributed by atoms with E-state index < -0.39 is 12.2 Å². The molecule has 0 unspecified atom stereocenters. The number of aliphatic hydroxyl groups excluding tert-OH is 1. The largest absolute Gasteiger partial charge is 0.497 e. The van der Waals surface area contributed by atoms with Gasteiger partial charge in [-0.1, -0.05) is 0 Å². The number of cyclic esters (lactones) is 1. The van der Waals surface area contributed by atoms with Crippen LogP contribution in [0.4, 0.5) is 4.79 Å². The van der Waals surface area contributed by atoms with Crippen molar-refractivity contribution in [3.05, 3.63) is 23.8 Å². The van der Waals surface area contributed by atoms with Gasteiger partial charge in [0.2, 0.25) is 0 Å². The average molecular weight is 295 g/mol. The molecule has 0 aliphatic carbocycles. The van der Waals surface area contributed by atoms with Gasteiger partial charge in [-0.25, -0.2) is 4.79 Å². The highest BCUT2D eigenvalue weighted by atomic mass is 16.6. The van der Waals surface area contributed by atoms with Crippen LogP contribution in [-0.2, 0) is 4.74 Å². The summed E-state index contributed by atoms with van der Waals surface area (Å²) in [5, 5.41) is 8.98. The summed E-state index contributed by atoms with van der Waals surface area (Å²) in [6, 6.07) is 4.87. The lowest BCUT2D eigenvalue weighted by Gasteiger charge is -2.14. The number of ketones is 1. The second kappa shape index (κ2) is 6.45. The lowest BCUT2D eigenvalue weighted by molar-refractivity contribution is 0.0909. The molecule has 7 heteroatoms. The van der Waals surface area contributed by atoms with E-state index in [9.17, 15) is 9.59 Å². The van der Waals surface area contributed by atoms with Crippen LogP contribution in [0.3, 0.4) is 0 Å². The number of carbonyl (C=O) groups is 2. The van der Waals surface area contributed by atoms with Crippen LogP contribution in [0.25, 0.3) is 0 Å². The SMILES string of the molecule is COc1ccc(OC)c(C(=O)CN2C[C@@H](CO)OC2=O)c1.